The van der Waals surface area contributed by atoms with E-state index in [1.165, 1.54) is 6.20 Å². The first-order valence-corrected chi connectivity index (χ1v) is 9.90. The summed E-state index contributed by atoms with van der Waals surface area (Å²) in [5.41, 5.74) is -0.514. The first-order chi connectivity index (χ1) is 13.0. The SMILES string of the molecule is CCCCOc1c2n(cc(C(=O)OCC)c1=O)C[C@]13CC[C@H](CN1C2=O)C3. The highest BCUT2D eigenvalue weighted by Crippen LogP contribution is 2.50. The second kappa shape index (κ2) is 6.69. The van der Waals surface area contributed by atoms with Gasteiger partial charge >= 0.3 is 5.97 Å². The number of aromatic nitrogens is 1. The molecule has 0 radical (unpaired) electrons. The van der Waals surface area contributed by atoms with Gasteiger partial charge in [0.1, 0.15) is 5.56 Å². The topological polar surface area (TPSA) is 77.8 Å². The van der Waals surface area contributed by atoms with E-state index in [9.17, 15) is 14.4 Å². The summed E-state index contributed by atoms with van der Waals surface area (Å²) < 4.78 is 12.6. The third-order valence-electron chi connectivity index (χ3n) is 6.09. The summed E-state index contributed by atoms with van der Waals surface area (Å²) in [5, 5.41) is 0. The third-order valence-corrected chi connectivity index (χ3v) is 6.09. The van der Waals surface area contributed by atoms with Crippen molar-refractivity contribution >= 4 is 11.9 Å². The van der Waals surface area contributed by atoms with Crippen molar-refractivity contribution in [3.63, 3.8) is 0 Å². The van der Waals surface area contributed by atoms with Crippen LogP contribution in [0.25, 0.3) is 0 Å². The smallest absolute Gasteiger partial charge is 0.343 e. The summed E-state index contributed by atoms with van der Waals surface area (Å²) in [6.45, 7) is 5.60. The maximum absolute atomic E-state index is 13.3. The van der Waals surface area contributed by atoms with E-state index in [1.54, 1.807) is 11.5 Å². The Balaban J connectivity index is 1.82. The van der Waals surface area contributed by atoms with Gasteiger partial charge in [0.2, 0.25) is 5.43 Å². The van der Waals surface area contributed by atoms with Crippen molar-refractivity contribution in [2.45, 2.75) is 58.0 Å². The number of nitrogens with zero attached hydrogens (tertiary/aromatic N) is 2. The first kappa shape index (κ1) is 18.1. The van der Waals surface area contributed by atoms with Crippen LogP contribution in [-0.4, -0.2) is 46.6 Å². The molecule has 146 valence electrons. The van der Waals surface area contributed by atoms with Gasteiger partial charge in [-0.25, -0.2) is 4.79 Å². The first-order valence-electron chi connectivity index (χ1n) is 9.90. The lowest BCUT2D eigenvalue weighted by atomic mass is 9.93. The largest absolute Gasteiger partial charge is 0.487 e. The fraction of sp³-hybridized carbons (Fsp3) is 0.650. The summed E-state index contributed by atoms with van der Waals surface area (Å²) >= 11 is 0. The Morgan fingerprint density at radius 2 is 2.15 bits per heavy atom. The molecule has 27 heavy (non-hydrogen) atoms. The van der Waals surface area contributed by atoms with Crippen LogP contribution in [0.2, 0.25) is 0 Å². The molecular weight excluding hydrogens is 348 g/mol. The Morgan fingerprint density at radius 3 is 2.85 bits per heavy atom. The summed E-state index contributed by atoms with van der Waals surface area (Å²) in [6.07, 6.45) is 6.26. The Hall–Kier alpha value is -2.31. The van der Waals surface area contributed by atoms with Crippen molar-refractivity contribution in [1.82, 2.24) is 9.47 Å². The summed E-state index contributed by atoms with van der Waals surface area (Å²) in [5.74, 6) is -0.287. The molecule has 1 aromatic heterocycles. The lowest BCUT2D eigenvalue weighted by molar-refractivity contribution is 0.0388. The van der Waals surface area contributed by atoms with Gasteiger partial charge in [0.25, 0.3) is 5.91 Å². The monoisotopic (exact) mass is 374 g/mol. The number of ether oxygens (including phenoxy) is 2. The molecule has 0 aromatic carbocycles. The molecule has 7 heteroatoms. The normalized spacial score (nSPS) is 25.3. The van der Waals surface area contributed by atoms with Crippen LogP contribution in [0.3, 0.4) is 0 Å². The molecular formula is C20H26N2O5. The number of carbonyl (C=O) groups excluding carboxylic acids is 2. The van der Waals surface area contributed by atoms with Crippen molar-refractivity contribution in [2.75, 3.05) is 19.8 Å². The molecule has 2 bridgehead atoms. The molecule has 2 atom stereocenters. The van der Waals surface area contributed by atoms with Crippen LogP contribution < -0.4 is 10.2 Å². The molecule has 3 aliphatic rings. The van der Waals surface area contributed by atoms with Crippen LogP contribution in [0.4, 0.5) is 0 Å². The zero-order valence-corrected chi connectivity index (χ0v) is 16.0. The van der Waals surface area contributed by atoms with Crippen molar-refractivity contribution in [1.29, 1.82) is 0 Å². The minimum absolute atomic E-state index is 0.00312. The number of carbonyl (C=O) groups is 2. The van der Waals surface area contributed by atoms with Gasteiger partial charge in [-0.15, -0.1) is 0 Å². The molecule has 1 saturated carbocycles. The predicted octanol–water partition coefficient (Wildman–Crippen LogP) is 2.21. The highest BCUT2D eigenvalue weighted by Gasteiger charge is 2.56. The Morgan fingerprint density at radius 1 is 1.33 bits per heavy atom. The molecule has 1 spiro atoms. The van der Waals surface area contributed by atoms with E-state index >= 15 is 0 Å². The van der Waals surface area contributed by atoms with Crippen LogP contribution in [0.5, 0.6) is 5.75 Å². The number of piperidine rings is 1. The Bertz CT molecular complexity index is 846. The van der Waals surface area contributed by atoms with Crippen molar-refractivity contribution in [3.8, 4) is 5.75 Å². The lowest BCUT2D eigenvalue weighted by Gasteiger charge is -2.44. The van der Waals surface area contributed by atoms with Crippen molar-refractivity contribution in [3.05, 3.63) is 27.7 Å². The maximum atomic E-state index is 13.3. The molecule has 1 aromatic rings. The number of hydrogen-bond acceptors (Lipinski definition) is 5. The zero-order chi connectivity index (χ0) is 19.2. The zero-order valence-electron chi connectivity index (χ0n) is 16.0. The number of rotatable bonds is 6. The molecule has 1 aliphatic carbocycles. The fourth-order valence-electron chi connectivity index (χ4n) is 4.83. The Kier molecular flexibility index (Phi) is 4.48. The maximum Gasteiger partial charge on any atom is 0.343 e. The highest BCUT2D eigenvalue weighted by atomic mass is 16.5. The molecule has 1 saturated heterocycles. The molecule has 4 rings (SSSR count). The second-order valence-corrected chi connectivity index (χ2v) is 7.85. The fourth-order valence-corrected chi connectivity index (χ4v) is 4.83. The van der Waals surface area contributed by atoms with E-state index < -0.39 is 11.4 Å². The van der Waals surface area contributed by atoms with Crippen LogP contribution in [0.1, 0.15) is 66.8 Å². The van der Waals surface area contributed by atoms with Crippen LogP contribution in [0, 0.1) is 5.92 Å². The molecule has 2 aliphatic heterocycles. The predicted molar refractivity (Wildman–Crippen MR) is 98.2 cm³/mol. The molecule has 0 N–H and O–H groups in total. The number of pyridine rings is 1. The molecule has 2 fully saturated rings. The van der Waals surface area contributed by atoms with Gasteiger partial charge in [0, 0.05) is 19.3 Å². The summed E-state index contributed by atoms with van der Waals surface area (Å²) in [4.78, 5) is 40.5. The standard InChI is InChI=1S/C20H26N2O5/c1-3-5-8-27-17-15-18(24)22-10-13-6-7-20(22,9-13)12-21(15)11-14(16(17)23)19(25)26-4-2/h11,13H,3-10,12H2,1-2H3/t13-,20+/m0/s1. The summed E-state index contributed by atoms with van der Waals surface area (Å²) in [7, 11) is 0. The average Bonchev–Trinajstić information content (AvgIpc) is 3.21. The molecule has 7 nitrogen and oxygen atoms in total. The number of fused-ring (bicyclic) bond motifs is 2. The van der Waals surface area contributed by atoms with Gasteiger partial charge in [-0.05, 0) is 38.5 Å². The van der Waals surface area contributed by atoms with Gasteiger partial charge < -0.3 is 18.9 Å². The number of amides is 1. The third kappa shape index (κ3) is 2.75. The number of unbranched alkanes of at least 4 members (excludes halogenated alkanes) is 1. The van der Waals surface area contributed by atoms with Crippen LogP contribution >= 0.6 is 0 Å². The van der Waals surface area contributed by atoms with E-state index in [0.717, 1.165) is 38.6 Å². The van der Waals surface area contributed by atoms with E-state index in [4.69, 9.17) is 9.47 Å². The van der Waals surface area contributed by atoms with Crippen molar-refractivity contribution in [2.24, 2.45) is 5.92 Å². The van der Waals surface area contributed by atoms with Gasteiger partial charge in [-0.1, -0.05) is 13.3 Å². The highest BCUT2D eigenvalue weighted by molar-refractivity contribution is 5.98. The van der Waals surface area contributed by atoms with E-state index in [1.807, 2.05) is 11.8 Å². The van der Waals surface area contributed by atoms with Gasteiger partial charge in [0.15, 0.2) is 11.4 Å². The van der Waals surface area contributed by atoms with Crippen molar-refractivity contribution < 1.29 is 19.1 Å². The van der Waals surface area contributed by atoms with E-state index in [2.05, 4.69) is 0 Å². The minimum Gasteiger partial charge on any atom is -0.487 e. The van der Waals surface area contributed by atoms with E-state index in [0.29, 0.717) is 19.1 Å². The number of hydrogen-bond donors (Lipinski definition) is 0. The summed E-state index contributed by atoms with van der Waals surface area (Å²) in [6, 6.07) is 0. The molecule has 1 amide bonds. The average molecular weight is 374 g/mol. The number of esters is 1. The Labute approximate surface area is 158 Å². The van der Waals surface area contributed by atoms with Crippen LogP contribution in [-0.2, 0) is 11.3 Å². The molecule has 3 heterocycles. The van der Waals surface area contributed by atoms with Gasteiger partial charge in [-0.2, -0.15) is 0 Å². The van der Waals surface area contributed by atoms with Gasteiger partial charge in [-0.3, -0.25) is 9.59 Å². The quantitative estimate of drug-likeness (QED) is 0.564. The lowest BCUT2D eigenvalue weighted by Crippen LogP contribution is -2.55. The van der Waals surface area contributed by atoms with E-state index in [-0.39, 0.29) is 35.1 Å². The van der Waals surface area contributed by atoms with Crippen LogP contribution in [0.15, 0.2) is 11.0 Å². The van der Waals surface area contributed by atoms with Gasteiger partial charge in [0.05, 0.1) is 18.8 Å². The molecule has 0 unspecified atom stereocenters. The minimum atomic E-state index is -0.666. The second-order valence-electron chi connectivity index (χ2n) is 7.85.